The van der Waals surface area contributed by atoms with Crippen molar-refractivity contribution in [1.82, 2.24) is 0 Å². The van der Waals surface area contributed by atoms with E-state index >= 15 is 0 Å². The van der Waals surface area contributed by atoms with Crippen molar-refractivity contribution >= 4 is 39.3 Å². The zero-order valence-electron chi connectivity index (χ0n) is 8.39. The number of aliphatic hydroxyl groups is 2. The lowest BCUT2D eigenvalue weighted by molar-refractivity contribution is 0.280. The highest BCUT2D eigenvalue weighted by Gasteiger charge is 2.09. The Morgan fingerprint density at radius 3 is 2.60 bits per heavy atom. The van der Waals surface area contributed by atoms with Crippen LogP contribution >= 0.6 is 35.7 Å². The molecule has 0 rings (SSSR count). The summed E-state index contributed by atoms with van der Waals surface area (Å²) < 4.78 is 0.772. The molecule has 86 valence electrons. The summed E-state index contributed by atoms with van der Waals surface area (Å²) in [5, 5.41) is 26.0. The number of aliphatic hydroxyl groups excluding tert-OH is 2. The van der Waals surface area contributed by atoms with Gasteiger partial charge in [-0.2, -0.15) is 5.26 Å². The van der Waals surface area contributed by atoms with Crippen LogP contribution in [0.3, 0.4) is 0 Å². The van der Waals surface area contributed by atoms with Gasteiger partial charge >= 0.3 is 0 Å². The Morgan fingerprint density at radius 2 is 2.07 bits per heavy atom. The third kappa shape index (κ3) is 9.15. The Balaban J connectivity index is 3.61. The van der Waals surface area contributed by atoms with Crippen molar-refractivity contribution < 1.29 is 10.2 Å². The van der Waals surface area contributed by atoms with Crippen LogP contribution in [0.1, 0.15) is 12.8 Å². The second kappa shape index (κ2) is 10.7. The van der Waals surface area contributed by atoms with Gasteiger partial charge in [-0.3, -0.25) is 0 Å². The molecule has 0 spiro atoms. The zero-order chi connectivity index (χ0) is 11.5. The summed E-state index contributed by atoms with van der Waals surface area (Å²) in [6, 6.07) is 2.20. The summed E-state index contributed by atoms with van der Waals surface area (Å²) in [6.07, 6.45) is 1.38. The lowest BCUT2D eigenvalue weighted by Gasteiger charge is -2.07. The molecular formula is C9H15NO2S3. The SMILES string of the molecule is N#CC(CCCO)CSC(=S)SCCO. The van der Waals surface area contributed by atoms with Crippen LogP contribution < -0.4 is 0 Å². The first kappa shape index (κ1) is 15.2. The van der Waals surface area contributed by atoms with Crippen molar-refractivity contribution in [2.75, 3.05) is 24.7 Å². The lowest BCUT2D eigenvalue weighted by atomic mass is 10.1. The van der Waals surface area contributed by atoms with Gasteiger partial charge in [0.2, 0.25) is 0 Å². The molecule has 1 atom stereocenters. The van der Waals surface area contributed by atoms with Crippen LogP contribution in [-0.4, -0.2) is 38.5 Å². The topological polar surface area (TPSA) is 64.2 Å². The molecule has 0 heterocycles. The summed E-state index contributed by atoms with van der Waals surface area (Å²) >= 11 is 7.97. The van der Waals surface area contributed by atoms with Gasteiger partial charge in [-0.25, -0.2) is 0 Å². The van der Waals surface area contributed by atoms with Crippen LogP contribution in [0.5, 0.6) is 0 Å². The van der Waals surface area contributed by atoms with E-state index in [0.717, 1.165) is 3.53 Å². The first-order valence-electron chi connectivity index (χ1n) is 4.65. The normalized spacial score (nSPS) is 12.1. The minimum Gasteiger partial charge on any atom is -0.396 e. The van der Waals surface area contributed by atoms with Gasteiger partial charge in [0.15, 0.2) is 0 Å². The van der Waals surface area contributed by atoms with Crippen LogP contribution in [0.15, 0.2) is 0 Å². The molecule has 0 saturated carbocycles. The van der Waals surface area contributed by atoms with Gasteiger partial charge in [0.25, 0.3) is 0 Å². The van der Waals surface area contributed by atoms with Crippen LogP contribution in [0.25, 0.3) is 0 Å². The van der Waals surface area contributed by atoms with Gasteiger partial charge in [-0.05, 0) is 12.8 Å². The molecule has 0 aromatic rings. The summed E-state index contributed by atoms with van der Waals surface area (Å²) in [6.45, 7) is 0.254. The molecular weight excluding hydrogens is 250 g/mol. The Hall–Kier alpha value is 0.200. The molecule has 15 heavy (non-hydrogen) atoms. The molecule has 2 N–H and O–H groups in total. The number of nitrogens with zero attached hydrogens (tertiary/aromatic N) is 1. The second-order valence-electron chi connectivity index (χ2n) is 2.82. The van der Waals surface area contributed by atoms with Gasteiger partial charge in [-0.15, -0.1) is 23.5 Å². The predicted molar refractivity (Wildman–Crippen MR) is 70.0 cm³/mol. The average Bonchev–Trinajstić information content (AvgIpc) is 2.26. The number of hydrogen-bond acceptors (Lipinski definition) is 6. The molecule has 0 aliphatic carbocycles. The molecule has 1 unspecified atom stereocenters. The molecule has 6 heteroatoms. The third-order valence-corrected chi connectivity index (χ3v) is 4.45. The molecule has 0 aromatic carbocycles. The van der Waals surface area contributed by atoms with E-state index in [1.807, 2.05) is 0 Å². The Bertz CT molecular complexity index is 218. The van der Waals surface area contributed by atoms with Crippen molar-refractivity contribution in [2.24, 2.45) is 5.92 Å². The third-order valence-electron chi connectivity index (χ3n) is 1.61. The fourth-order valence-electron chi connectivity index (χ4n) is 0.862. The molecule has 3 nitrogen and oxygen atoms in total. The summed E-state index contributed by atoms with van der Waals surface area (Å²) in [5.74, 6) is 1.24. The van der Waals surface area contributed by atoms with E-state index in [4.69, 9.17) is 27.7 Å². The molecule has 0 aliphatic rings. The van der Waals surface area contributed by atoms with Gasteiger partial charge in [0.1, 0.15) is 3.53 Å². The monoisotopic (exact) mass is 265 g/mol. The Kier molecular flexibility index (Phi) is 10.9. The predicted octanol–water partition coefficient (Wildman–Crippen LogP) is 1.64. The molecule has 0 amide bonds. The van der Waals surface area contributed by atoms with Crippen LogP contribution in [0.4, 0.5) is 0 Å². The molecule has 0 fully saturated rings. The quantitative estimate of drug-likeness (QED) is 0.682. The number of rotatable bonds is 7. The van der Waals surface area contributed by atoms with Crippen LogP contribution in [-0.2, 0) is 0 Å². The van der Waals surface area contributed by atoms with Gasteiger partial charge in [0, 0.05) is 18.1 Å². The van der Waals surface area contributed by atoms with E-state index in [0.29, 0.717) is 24.3 Å². The van der Waals surface area contributed by atoms with Crippen LogP contribution in [0, 0.1) is 17.2 Å². The molecule has 0 bridgehead atoms. The van der Waals surface area contributed by atoms with Crippen molar-refractivity contribution in [1.29, 1.82) is 5.26 Å². The average molecular weight is 265 g/mol. The first-order chi connectivity index (χ1) is 7.24. The van der Waals surface area contributed by atoms with E-state index in [9.17, 15) is 0 Å². The number of nitriles is 1. The molecule has 0 saturated heterocycles. The van der Waals surface area contributed by atoms with Gasteiger partial charge < -0.3 is 10.2 Å². The highest BCUT2D eigenvalue weighted by Crippen LogP contribution is 2.21. The first-order valence-corrected chi connectivity index (χ1v) is 7.03. The molecule has 0 aliphatic heterocycles. The number of thioether (sulfide) groups is 2. The maximum atomic E-state index is 8.81. The van der Waals surface area contributed by atoms with Crippen molar-refractivity contribution in [3.63, 3.8) is 0 Å². The van der Waals surface area contributed by atoms with Crippen molar-refractivity contribution in [3.8, 4) is 6.07 Å². The fraction of sp³-hybridized carbons (Fsp3) is 0.778. The summed E-state index contributed by atoms with van der Waals surface area (Å²) in [7, 11) is 0. The smallest absolute Gasteiger partial charge is 0.104 e. The molecule has 0 radical (unpaired) electrons. The number of thiocarbonyl (C=S) groups is 1. The van der Waals surface area contributed by atoms with Gasteiger partial charge in [0.05, 0.1) is 18.6 Å². The Labute approximate surface area is 104 Å². The maximum Gasteiger partial charge on any atom is 0.104 e. The lowest BCUT2D eigenvalue weighted by Crippen LogP contribution is -2.03. The largest absolute Gasteiger partial charge is 0.396 e. The standard InChI is InChI=1S/C9H15NO2S3/c10-6-8(2-1-3-11)7-15-9(13)14-5-4-12/h8,11-12H,1-5,7H2. The number of hydrogen-bond donors (Lipinski definition) is 2. The van der Waals surface area contributed by atoms with E-state index in [2.05, 4.69) is 6.07 Å². The maximum absolute atomic E-state index is 8.81. The second-order valence-corrected chi connectivity index (χ2v) is 6.14. The van der Waals surface area contributed by atoms with E-state index < -0.39 is 0 Å². The van der Waals surface area contributed by atoms with E-state index in [1.54, 1.807) is 0 Å². The van der Waals surface area contributed by atoms with Crippen molar-refractivity contribution in [3.05, 3.63) is 0 Å². The Morgan fingerprint density at radius 1 is 1.33 bits per heavy atom. The van der Waals surface area contributed by atoms with Gasteiger partial charge in [-0.1, -0.05) is 12.2 Å². The van der Waals surface area contributed by atoms with E-state index in [-0.39, 0.29) is 19.1 Å². The fourth-order valence-corrected chi connectivity index (χ4v) is 2.94. The van der Waals surface area contributed by atoms with Crippen molar-refractivity contribution in [2.45, 2.75) is 12.8 Å². The summed E-state index contributed by atoms with van der Waals surface area (Å²) in [4.78, 5) is 0. The minimum atomic E-state index is -0.0465. The van der Waals surface area contributed by atoms with Crippen LogP contribution in [0.2, 0.25) is 0 Å². The summed E-state index contributed by atoms with van der Waals surface area (Å²) in [5.41, 5.74) is 0. The highest BCUT2D eigenvalue weighted by molar-refractivity contribution is 8.47. The zero-order valence-corrected chi connectivity index (χ0v) is 10.8. The molecule has 0 aromatic heterocycles. The minimum absolute atomic E-state index is 0.0465. The van der Waals surface area contributed by atoms with E-state index in [1.165, 1.54) is 23.5 Å². The highest BCUT2D eigenvalue weighted by atomic mass is 32.2.